The number of hydrogen-bond donors (Lipinski definition) is 0. The highest BCUT2D eigenvalue weighted by Crippen LogP contribution is 2.30. The van der Waals surface area contributed by atoms with E-state index in [1.54, 1.807) is 19.0 Å². The minimum atomic E-state index is -3.00. The van der Waals surface area contributed by atoms with Crippen LogP contribution in [0.4, 0.5) is 20.2 Å². The van der Waals surface area contributed by atoms with Crippen molar-refractivity contribution in [3.05, 3.63) is 57.6 Å². The van der Waals surface area contributed by atoms with E-state index in [0.29, 0.717) is 11.3 Å². The Kier molecular flexibility index (Phi) is 6.69. The van der Waals surface area contributed by atoms with E-state index in [1.165, 1.54) is 37.4 Å². The Labute approximate surface area is 159 Å². The first-order valence-corrected chi connectivity index (χ1v) is 7.97. The van der Waals surface area contributed by atoms with Gasteiger partial charge in [0.25, 0.3) is 5.69 Å². The average Bonchev–Trinajstić information content (AvgIpc) is 2.65. The first-order valence-electron chi connectivity index (χ1n) is 7.97. The summed E-state index contributed by atoms with van der Waals surface area (Å²) >= 11 is 0. The van der Waals surface area contributed by atoms with Crippen LogP contribution in [0, 0.1) is 10.1 Å². The molecule has 28 heavy (non-hydrogen) atoms. The molecule has 0 aliphatic rings. The van der Waals surface area contributed by atoms with Gasteiger partial charge in [0, 0.05) is 20.2 Å². The summed E-state index contributed by atoms with van der Waals surface area (Å²) in [5.41, 5.74) is 0.601. The van der Waals surface area contributed by atoms with Crippen molar-refractivity contribution in [2.24, 2.45) is 0 Å². The Morgan fingerprint density at radius 1 is 1.18 bits per heavy atom. The maximum atomic E-state index is 12.3. The van der Waals surface area contributed by atoms with Gasteiger partial charge in [0.05, 0.1) is 17.6 Å². The molecule has 2 aromatic rings. The molecule has 0 fully saturated rings. The van der Waals surface area contributed by atoms with Crippen LogP contribution < -0.4 is 14.4 Å². The van der Waals surface area contributed by atoms with Gasteiger partial charge >= 0.3 is 12.6 Å². The summed E-state index contributed by atoms with van der Waals surface area (Å²) in [7, 11) is 4.58. The maximum absolute atomic E-state index is 12.3. The molecule has 10 heteroatoms. The van der Waals surface area contributed by atoms with Gasteiger partial charge in [-0.05, 0) is 29.8 Å². The van der Waals surface area contributed by atoms with Gasteiger partial charge < -0.3 is 19.1 Å². The normalized spacial score (nSPS) is 10.5. The van der Waals surface area contributed by atoms with Gasteiger partial charge in [-0.25, -0.2) is 4.79 Å². The summed E-state index contributed by atoms with van der Waals surface area (Å²) in [6.45, 7) is -3.19. The average molecular weight is 396 g/mol. The molecule has 0 saturated carbocycles. The molecule has 0 radical (unpaired) electrons. The quantitative estimate of drug-likeness (QED) is 0.382. The molecule has 2 rings (SSSR count). The first kappa shape index (κ1) is 20.9. The van der Waals surface area contributed by atoms with Gasteiger partial charge in [0.1, 0.15) is 12.3 Å². The highest BCUT2D eigenvalue weighted by Gasteiger charge is 2.20. The summed E-state index contributed by atoms with van der Waals surface area (Å²) in [6, 6.07) is 8.11. The number of benzene rings is 2. The summed E-state index contributed by atoms with van der Waals surface area (Å²) < 4.78 is 39.1. The predicted molar refractivity (Wildman–Crippen MR) is 96.2 cm³/mol. The number of anilines is 1. The fraction of sp³-hybridized carbons (Fsp3) is 0.278. The second-order valence-electron chi connectivity index (χ2n) is 5.79. The van der Waals surface area contributed by atoms with Gasteiger partial charge in [-0.2, -0.15) is 8.78 Å². The van der Waals surface area contributed by atoms with Crippen LogP contribution in [0.15, 0.2) is 36.4 Å². The highest BCUT2D eigenvalue weighted by atomic mass is 19.3. The van der Waals surface area contributed by atoms with Gasteiger partial charge in [-0.1, -0.05) is 6.07 Å². The lowest BCUT2D eigenvalue weighted by Gasteiger charge is -2.13. The van der Waals surface area contributed by atoms with Gasteiger partial charge in [-0.15, -0.1) is 0 Å². The van der Waals surface area contributed by atoms with E-state index in [1.807, 2.05) is 0 Å². The molecular weight excluding hydrogens is 378 g/mol. The molecule has 0 N–H and O–H groups in total. The number of nitro groups is 1. The first-order chi connectivity index (χ1) is 13.2. The second kappa shape index (κ2) is 8.98. The SMILES string of the molecule is COc1cc(COC(=O)c2ccc(N(C)C)c([N+](=O)[O-])c2)ccc1OC(F)F. The fourth-order valence-electron chi connectivity index (χ4n) is 2.40. The Hall–Kier alpha value is -3.43. The Morgan fingerprint density at radius 3 is 2.46 bits per heavy atom. The molecule has 0 aliphatic heterocycles. The molecule has 150 valence electrons. The lowest BCUT2D eigenvalue weighted by Crippen LogP contribution is -2.12. The van der Waals surface area contributed by atoms with Crippen molar-refractivity contribution >= 4 is 17.3 Å². The largest absolute Gasteiger partial charge is 0.493 e. The minimum Gasteiger partial charge on any atom is -0.493 e. The molecule has 0 saturated heterocycles. The zero-order valence-electron chi connectivity index (χ0n) is 15.3. The zero-order chi connectivity index (χ0) is 20.8. The smallest absolute Gasteiger partial charge is 0.387 e. The lowest BCUT2D eigenvalue weighted by atomic mass is 10.1. The van der Waals surface area contributed by atoms with Crippen LogP contribution in [0.25, 0.3) is 0 Å². The fourth-order valence-corrected chi connectivity index (χ4v) is 2.40. The number of halogens is 2. The van der Waals surface area contributed by atoms with Crippen molar-refractivity contribution in [1.82, 2.24) is 0 Å². The molecule has 0 aromatic heterocycles. The third-order valence-electron chi connectivity index (χ3n) is 3.70. The number of ether oxygens (including phenoxy) is 3. The van der Waals surface area contributed by atoms with E-state index in [-0.39, 0.29) is 29.4 Å². The number of hydrogen-bond acceptors (Lipinski definition) is 7. The number of esters is 1. The van der Waals surface area contributed by atoms with Crippen LogP contribution in [0.3, 0.4) is 0 Å². The van der Waals surface area contributed by atoms with E-state index in [9.17, 15) is 23.7 Å². The van der Waals surface area contributed by atoms with Crippen LogP contribution in [-0.2, 0) is 11.3 Å². The molecule has 0 atom stereocenters. The molecule has 0 heterocycles. The molecule has 0 aliphatic carbocycles. The molecule has 0 bridgehead atoms. The zero-order valence-corrected chi connectivity index (χ0v) is 15.3. The number of alkyl halides is 2. The number of nitro benzene ring substituents is 1. The molecule has 0 amide bonds. The Morgan fingerprint density at radius 2 is 1.89 bits per heavy atom. The monoisotopic (exact) mass is 396 g/mol. The lowest BCUT2D eigenvalue weighted by molar-refractivity contribution is -0.384. The Bertz CT molecular complexity index is 873. The predicted octanol–water partition coefficient (Wildman–Crippen LogP) is 3.63. The Balaban J connectivity index is 2.14. The van der Waals surface area contributed by atoms with Crippen LogP contribution in [-0.4, -0.2) is 38.7 Å². The molecule has 0 spiro atoms. The van der Waals surface area contributed by atoms with Crippen molar-refractivity contribution in [1.29, 1.82) is 0 Å². The number of nitrogens with zero attached hydrogens (tertiary/aromatic N) is 2. The van der Waals surface area contributed by atoms with Crippen LogP contribution >= 0.6 is 0 Å². The van der Waals surface area contributed by atoms with E-state index in [2.05, 4.69) is 4.74 Å². The number of carbonyl (C=O) groups excluding carboxylic acids is 1. The van der Waals surface area contributed by atoms with Crippen molar-refractivity contribution < 1.29 is 32.7 Å². The second-order valence-corrected chi connectivity index (χ2v) is 5.79. The van der Waals surface area contributed by atoms with Crippen LogP contribution in [0.1, 0.15) is 15.9 Å². The summed E-state index contributed by atoms with van der Waals surface area (Å²) in [4.78, 5) is 24.4. The van der Waals surface area contributed by atoms with Crippen LogP contribution in [0.2, 0.25) is 0 Å². The summed E-state index contributed by atoms with van der Waals surface area (Å²) in [5.74, 6) is -0.859. The van der Waals surface area contributed by atoms with E-state index in [0.717, 1.165) is 6.07 Å². The highest BCUT2D eigenvalue weighted by molar-refractivity contribution is 5.91. The van der Waals surface area contributed by atoms with E-state index in [4.69, 9.17) is 9.47 Å². The number of carbonyl (C=O) groups is 1. The van der Waals surface area contributed by atoms with Crippen molar-refractivity contribution in [3.8, 4) is 11.5 Å². The molecule has 2 aromatic carbocycles. The van der Waals surface area contributed by atoms with Gasteiger partial charge in [0.2, 0.25) is 0 Å². The number of rotatable bonds is 8. The third-order valence-corrected chi connectivity index (χ3v) is 3.70. The minimum absolute atomic E-state index is 0.0157. The molecular formula is C18H18F2N2O6. The molecule has 0 unspecified atom stereocenters. The van der Waals surface area contributed by atoms with Gasteiger partial charge in [0.15, 0.2) is 11.5 Å². The van der Waals surface area contributed by atoms with E-state index >= 15 is 0 Å². The topological polar surface area (TPSA) is 91.1 Å². The molecule has 8 nitrogen and oxygen atoms in total. The number of methoxy groups -OCH3 is 1. The standard InChI is InChI=1S/C18H18F2N2O6/c1-21(2)13-6-5-12(9-14(13)22(24)25)17(23)27-10-11-4-7-15(28-18(19)20)16(8-11)26-3/h4-9,18H,10H2,1-3H3. The summed E-state index contributed by atoms with van der Waals surface area (Å²) in [5, 5.41) is 11.2. The summed E-state index contributed by atoms with van der Waals surface area (Å²) in [6.07, 6.45) is 0. The van der Waals surface area contributed by atoms with Crippen molar-refractivity contribution in [2.45, 2.75) is 13.2 Å². The van der Waals surface area contributed by atoms with Crippen molar-refractivity contribution in [2.75, 3.05) is 26.1 Å². The van der Waals surface area contributed by atoms with Gasteiger partial charge in [-0.3, -0.25) is 10.1 Å². The van der Waals surface area contributed by atoms with Crippen molar-refractivity contribution in [3.63, 3.8) is 0 Å². The third kappa shape index (κ3) is 5.06. The van der Waals surface area contributed by atoms with Crippen LogP contribution in [0.5, 0.6) is 11.5 Å². The van der Waals surface area contributed by atoms with E-state index < -0.39 is 17.5 Å². The maximum Gasteiger partial charge on any atom is 0.387 e.